The fourth-order valence-corrected chi connectivity index (χ4v) is 1.93. The van der Waals surface area contributed by atoms with Crippen LogP contribution in [0.2, 0.25) is 0 Å². The molecule has 0 aromatic heterocycles. The van der Waals surface area contributed by atoms with Crippen molar-refractivity contribution in [2.24, 2.45) is 11.7 Å². The van der Waals surface area contributed by atoms with E-state index in [-0.39, 0.29) is 5.92 Å². The van der Waals surface area contributed by atoms with Crippen molar-refractivity contribution in [2.45, 2.75) is 25.7 Å². The summed E-state index contributed by atoms with van der Waals surface area (Å²) in [6.45, 7) is 0.617. The molecule has 1 aromatic rings. The van der Waals surface area contributed by atoms with Crippen LogP contribution in [-0.2, 0) is 11.2 Å². The molecule has 1 unspecified atom stereocenters. The van der Waals surface area contributed by atoms with Gasteiger partial charge in [-0.05, 0) is 43.5 Å². The Hall–Kier alpha value is -1.55. The summed E-state index contributed by atoms with van der Waals surface area (Å²) in [5.41, 5.74) is 6.41. The lowest BCUT2D eigenvalue weighted by atomic mass is 9.94. The lowest BCUT2D eigenvalue weighted by Crippen LogP contribution is -2.17. The van der Waals surface area contributed by atoms with Crippen LogP contribution in [0, 0.1) is 5.92 Å². The lowest BCUT2D eigenvalue weighted by molar-refractivity contribution is -0.142. The predicted octanol–water partition coefficient (Wildman–Crippen LogP) is 2.07. The Bertz CT molecular complexity index is 379. The summed E-state index contributed by atoms with van der Waals surface area (Å²) in [5, 5.41) is 9.20. The number of methoxy groups -OCH3 is 1. The SMILES string of the molecule is COc1cccc(CC(CCCCN)C(=O)O)c1. The van der Waals surface area contributed by atoms with Gasteiger partial charge in [0.15, 0.2) is 0 Å². The normalized spacial score (nSPS) is 12.1. The number of hydrogen-bond donors (Lipinski definition) is 2. The molecule has 1 atom stereocenters. The van der Waals surface area contributed by atoms with Crippen molar-refractivity contribution in [2.75, 3.05) is 13.7 Å². The highest BCUT2D eigenvalue weighted by Gasteiger charge is 2.17. The van der Waals surface area contributed by atoms with Gasteiger partial charge in [0, 0.05) is 0 Å². The van der Waals surface area contributed by atoms with E-state index in [1.807, 2.05) is 24.3 Å². The Morgan fingerprint density at radius 1 is 1.44 bits per heavy atom. The minimum absolute atomic E-state index is 0.344. The number of nitrogens with two attached hydrogens (primary N) is 1. The first-order valence-corrected chi connectivity index (χ1v) is 6.23. The van der Waals surface area contributed by atoms with E-state index in [0.29, 0.717) is 19.4 Å². The van der Waals surface area contributed by atoms with Gasteiger partial charge in [-0.2, -0.15) is 0 Å². The number of aliphatic carboxylic acids is 1. The quantitative estimate of drug-likeness (QED) is 0.694. The van der Waals surface area contributed by atoms with E-state index in [9.17, 15) is 9.90 Å². The highest BCUT2D eigenvalue weighted by Crippen LogP contribution is 2.19. The second-order valence-electron chi connectivity index (χ2n) is 4.38. The number of benzene rings is 1. The van der Waals surface area contributed by atoms with Crippen molar-refractivity contribution in [1.29, 1.82) is 0 Å². The van der Waals surface area contributed by atoms with Crippen LogP contribution in [0.1, 0.15) is 24.8 Å². The van der Waals surface area contributed by atoms with Gasteiger partial charge < -0.3 is 15.6 Å². The molecule has 0 aliphatic carbocycles. The number of carboxylic acid groups (broad SMARTS) is 1. The Labute approximate surface area is 108 Å². The molecule has 18 heavy (non-hydrogen) atoms. The summed E-state index contributed by atoms with van der Waals surface area (Å²) < 4.78 is 5.13. The molecular formula is C14H21NO3. The minimum Gasteiger partial charge on any atom is -0.497 e. The number of ether oxygens (including phenoxy) is 1. The van der Waals surface area contributed by atoms with Gasteiger partial charge in [-0.3, -0.25) is 4.79 Å². The van der Waals surface area contributed by atoms with Crippen molar-refractivity contribution in [3.05, 3.63) is 29.8 Å². The average Bonchev–Trinajstić information content (AvgIpc) is 2.38. The fourth-order valence-electron chi connectivity index (χ4n) is 1.93. The summed E-state index contributed by atoms with van der Waals surface area (Å²) in [5.74, 6) is -0.322. The summed E-state index contributed by atoms with van der Waals surface area (Å²) in [4.78, 5) is 11.2. The first-order valence-electron chi connectivity index (χ1n) is 6.23. The first kappa shape index (κ1) is 14.5. The van der Waals surface area contributed by atoms with Crippen molar-refractivity contribution < 1.29 is 14.6 Å². The maximum atomic E-state index is 11.2. The monoisotopic (exact) mass is 251 g/mol. The highest BCUT2D eigenvalue weighted by molar-refractivity contribution is 5.70. The van der Waals surface area contributed by atoms with Crippen molar-refractivity contribution in [3.63, 3.8) is 0 Å². The van der Waals surface area contributed by atoms with Crippen LogP contribution >= 0.6 is 0 Å². The van der Waals surface area contributed by atoms with Gasteiger partial charge in [0.05, 0.1) is 13.0 Å². The molecule has 0 heterocycles. The Balaban J connectivity index is 2.61. The van der Waals surface area contributed by atoms with Crippen LogP contribution in [-0.4, -0.2) is 24.7 Å². The second-order valence-corrected chi connectivity index (χ2v) is 4.38. The molecular weight excluding hydrogens is 230 g/mol. The third-order valence-electron chi connectivity index (χ3n) is 2.97. The molecule has 0 bridgehead atoms. The zero-order valence-electron chi connectivity index (χ0n) is 10.8. The maximum Gasteiger partial charge on any atom is 0.306 e. The molecule has 100 valence electrons. The van der Waals surface area contributed by atoms with E-state index in [4.69, 9.17) is 10.5 Å². The Morgan fingerprint density at radius 2 is 2.22 bits per heavy atom. The van der Waals surface area contributed by atoms with Crippen LogP contribution in [0.15, 0.2) is 24.3 Å². The molecule has 0 spiro atoms. The molecule has 4 heteroatoms. The smallest absolute Gasteiger partial charge is 0.306 e. The van der Waals surface area contributed by atoms with Crippen molar-refractivity contribution in [1.82, 2.24) is 0 Å². The molecule has 0 aliphatic rings. The Kier molecular flexibility index (Phi) is 6.22. The van der Waals surface area contributed by atoms with Gasteiger partial charge in [-0.25, -0.2) is 0 Å². The molecule has 1 rings (SSSR count). The minimum atomic E-state index is -0.741. The summed E-state index contributed by atoms with van der Waals surface area (Å²) in [6, 6.07) is 7.56. The standard InChI is InChI=1S/C14H21NO3/c1-18-13-7-4-5-11(10-13)9-12(14(16)17)6-2-3-8-15/h4-5,7,10,12H,2-3,6,8-9,15H2,1H3,(H,16,17). The van der Waals surface area contributed by atoms with Gasteiger partial charge in [-0.1, -0.05) is 18.6 Å². The van der Waals surface area contributed by atoms with Crippen molar-refractivity contribution in [3.8, 4) is 5.75 Å². The first-order chi connectivity index (χ1) is 8.67. The molecule has 4 nitrogen and oxygen atoms in total. The lowest BCUT2D eigenvalue weighted by Gasteiger charge is -2.12. The molecule has 1 aromatic carbocycles. The van der Waals surface area contributed by atoms with Crippen LogP contribution < -0.4 is 10.5 Å². The second kappa shape index (κ2) is 7.71. The van der Waals surface area contributed by atoms with Crippen LogP contribution in [0.5, 0.6) is 5.75 Å². The van der Waals surface area contributed by atoms with Crippen molar-refractivity contribution >= 4 is 5.97 Å². The molecule has 0 radical (unpaired) electrons. The highest BCUT2D eigenvalue weighted by atomic mass is 16.5. The number of carboxylic acids is 1. The van der Waals surface area contributed by atoms with E-state index in [0.717, 1.165) is 24.2 Å². The van der Waals surface area contributed by atoms with Gasteiger partial charge in [-0.15, -0.1) is 0 Å². The number of rotatable bonds is 8. The van der Waals surface area contributed by atoms with Gasteiger partial charge in [0.1, 0.15) is 5.75 Å². The maximum absolute atomic E-state index is 11.2. The third kappa shape index (κ3) is 4.75. The van der Waals surface area contributed by atoms with E-state index in [1.54, 1.807) is 7.11 Å². The van der Waals surface area contributed by atoms with Crippen LogP contribution in [0.3, 0.4) is 0 Å². The zero-order chi connectivity index (χ0) is 13.4. The summed E-state index contributed by atoms with van der Waals surface area (Å²) >= 11 is 0. The predicted molar refractivity (Wildman–Crippen MR) is 70.7 cm³/mol. The van der Waals surface area contributed by atoms with Gasteiger partial charge in [0.2, 0.25) is 0 Å². The Morgan fingerprint density at radius 3 is 2.83 bits per heavy atom. The molecule has 0 saturated heterocycles. The summed E-state index contributed by atoms with van der Waals surface area (Å²) in [7, 11) is 1.61. The van der Waals surface area contributed by atoms with E-state index in [1.165, 1.54) is 0 Å². The van der Waals surface area contributed by atoms with Gasteiger partial charge in [0.25, 0.3) is 0 Å². The number of unbranched alkanes of at least 4 members (excludes halogenated alkanes) is 1. The fraction of sp³-hybridized carbons (Fsp3) is 0.500. The molecule has 0 saturated carbocycles. The largest absolute Gasteiger partial charge is 0.497 e. The van der Waals surface area contributed by atoms with Crippen LogP contribution in [0.25, 0.3) is 0 Å². The third-order valence-corrected chi connectivity index (χ3v) is 2.97. The van der Waals surface area contributed by atoms with E-state index >= 15 is 0 Å². The van der Waals surface area contributed by atoms with E-state index in [2.05, 4.69) is 0 Å². The number of hydrogen-bond acceptors (Lipinski definition) is 3. The summed E-state index contributed by atoms with van der Waals surface area (Å²) in [6.07, 6.45) is 2.94. The number of carbonyl (C=O) groups is 1. The van der Waals surface area contributed by atoms with E-state index < -0.39 is 5.97 Å². The zero-order valence-corrected chi connectivity index (χ0v) is 10.8. The topological polar surface area (TPSA) is 72.5 Å². The molecule has 0 amide bonds. The average molecular weight is 251 g/mol. The molecule has 3 N–H and O–H groups in total. The van der Waals surface area contributed by atoms with Gasteiger partial charge >= 0.3 is 5.97 Å². The van der Waals surface area contributed by atoms with Crippen LogP contribution in [0.4, 0.5) is 0 Å². The molecule has 0 aliphatic heterocycles. The molecule has 0 fully saturated rings.